The van der Waals surface area contributed by atoms with E-state index in [2.05, 4.69) is 16.3 Å². The van der Waals surface area contributed by atoms with Crippen LogP contribution in [0, 0.1) is 0 Å². The van der Waals surface area contributed by atoms with Gasteiger partial charge in [0.2, 0.25) is 0 Å². The van der Waals surface area contributed by atoms with Crippen LogP contribution in [0.5, 0.6) is 0 Å². The Balaban J connectivity index is 0.000000706. The maximum Gasteiger partial charge on any atom is 0.290 e. The highest BCUT2D eigenvalue weighted by Gasteiger charge is 2.11. The third kappa shape index (κ3) is 5.25. The number of aromatic nitrogens is 2. The molecule has 4 rings (SSSR count). The Hall–Kier alpha value is -3.03. The number of anilines is 1. The molecule has 0 radical (unpaired) electrons. The third-order valence-electron chi connectivity index (χ3n) is 4.46. The van der Waals surface area contributed by atoms with E-state index in [-0.39, 0.29) is 6.47 Å². The van der Waals surface area contributed by atoms with Gasteiger partial charge in [-0.05, 0) is 12.1 Å². The first kappa shape index (κ1) is 19.7. The van der Waals surface area contributed by atoms with Gasteiger partial charge in [-0.2, -0.15) is 0 Å². The van der Waals surface area contributed by atoms with Crippen molar-refractivity contribution in [3.8, 4) is 11.4 Å². The second kappa shape index (κ2) is 10.3. The summed E-state index contributed by atoms with van der Waals surface area (Å²) in [5, 5.41) is 11.5. The number of fused-ring (bicyclic) bond motifs is 1. The molecule has 1 fully saturated rings. The minimum absolute atomic E-state index is 0.250. The zero-order chi connectivity index (χ0) is 19.6. The van der Waals surface area contributed by atoms with Gasteiger partial charge in [-0.25, -0.2) is 9.97 Å². The maximum atomic E-state index is 8.36. The van der Waals surface area contributed by atoms with Crippen molar-refractivity contribution in [1.29, 1.82) is 0 Å². The summed E-state index contributed by atoms with van der Waals surface area (Å²) in [4.78, 5) is 20.3. The van der Waals surface area contributed by atoms with Crippen molar-refractivity contribution in [2.75, 3.05) is 44.7 Å². The van der Waals surface area contributed by atoms with Crippen LogP contribution in [0.1, 0.15) is 0 Å². The summed E-state index contributed by atoms with van der Waals surface area (Å²) in [6.07, 6.45) is 0. The van der Waals surface area contributed by atoms with Crippen molar-refractivity contribution in [1.82, 2.24) is 14.9 Å². The van der Waals surface area contributed by atoms with Crippen molar-refractivity contribution < 1.29 is 14.6 Å². The number of morpholine rings is 1. The molecule has 0 unspecified atom stereocenters. The first-order valence-corrected chi connectivity index (χ1v) is 9.26. The average Bonchev–Trinajstić information content (AvgIpc) is 2.75. The Labute approximate surface area is 164 Å². The van der Waals surface area contributed by atoms with E-state index in [0.29, 0.717) is 0 Å². The smallest absolute Gasteiger partial charge is 0.290 e. The van der Waals surface area contributed by atoms with E-state index in [0.717, 1.165) is 67.5 Å². The van der Waals surface area contributed by atoms with Crippen LogP contribution in [0.3, 0.4) is 0 Å². The van der Waals surface area contributed by atoms with Gasteiger partial charge >= 0.3 is 0 Å². The Kier molecular flexibility index (Phi) is 7.29. The predicted octanol–water partition coefficient (Wildman–Crippen LogP) is 2.74. The molecule has 0 aliphatic carbocycles. The van der Waals surface area contributed by atoms with Gasteiger partial charge in [-0.1, -0.05) is 42.5 Å². The van der Waals surface area contributed by atoms with Crippen molar-refractivity contribution in [2.45, 2.75) is 0 Å². The van der Waals surface area contributed by atoms with Gasteiger partial charge in [0.05, 0.1) is 18.7 Å². The monoisotopic (exact) mass is 380 g/mol. The summed E-state index contributed by atoms with van der Waals surface area (Å²) in [5.41, 5.74) is 2.00. The number of ether oxygens (including phenoxy) is 1. The zero-order valence-electron chi connectivity index (χ0n) is 15.6. The molecular weight excluding hydrogens is 356 g/mol. The fourth-order valence-electron chi connectivity index (χ4n) is 3.08. The van der Waals surface area contributed by atoms with Crippen LogP contribution in [0.15, 0.2) is 54.6 Å². The molecule has 0 saturated carbocycles. The Morgan fingerprint density at radius 2 is 1.71 bits per heavy atom. The van der Waals surface area contributed by atoms with Crippen molar-refractivity contribution in [2.24, 2.45) is 0 Å². The van der Waals surface area contributed by atoms with Gasteiger partial charge in [0, 0.05) is 37.1 Å². The van der Waals surface area contributed by atoms with Crippen molar-refractivity contribution >= 4 is 23.2 Å². The number of hydrogen-bond acceptors (Lipinski definition) is 6. The highest BCUT2D eigenvalue weighted by atomic mass is 16.5. The maximum absolute atomic E-state index is 8.36. The second-order valence-electron chi connectivity index (χ2n) is 6.27. The van der Waals surface area contributed by atoms with Crippen LogP contribution in [0.4, 0.5) is 5.82 Å². The molecule has 2 aromatic carbocycles. The summed E-state index contributed by atoms with van der Waals surface area (Å²) >= 11 is 0. The Morgan fingerprint density at radius 3 is 2.46 bits per heavy atom. The SMILES string of the molecule is O=CO.c1ccc(-c2nc(NCCN3CCOCC3)c3ccccc3n2)cc1. The predicted molar refractivity (Wildman–Crippen MR) is 109 cm³/mol. The lowest BCUT2D eigenvalue weighted by Crippen LogP contribution is -2.39. The fraction of sp³-hybridized carbons (Fsp3) is 0.286. The molecule has 146 valence electrons. The van der Waals surface area contributed by atoms with E-state index in [1.54, 1.807) is 0 Å². The summed E-state index contributed by atoms with van der Waals surface area (Å²) in [7, 11) is 0. The summed E-state index contributed by atoms with van der Waals surface area (Å²) < 4.78 is 5.40. The standard InChI is InChI=1S/C20H22N4O.CH2O2/c1-2-6-16(7-3-1)19-22-18-9-5-4-8-17(18)20(23-19)21-10-11-24-12-14-25-15-13-24;2-1-3/h1-9H,10-15H2,(H,21,22,23);1H,(H,2,3). The highest BCUT2D eigenvalue weighted by Crippen LogP contribution is 2.24. The molecule has 0 atom stereocenters. The quantitative estimate of drug-likeness (QED) is 0.658. The van der Waals surface area contributed by atoms with E-state index in [1.165, 1.54) is 0 Å². The first-order chi connectivity index (χ1) is 13.8. The Bertz CT molecular complexity index is 883. The first-order valence-electron chi connectivity index (χ1n) is 9.26. The second-order valence-corrected chi connectivity index (χ2v) is 6.27. The molecular formula is C21H24N4O3. The van der Waals surface area contributed by atoms with Crippen molar-refractivity contribution in [3.63, 3.8) is 0 Å². The van der Waals surface area contributed by atoms with E-state index in [4.69, 9.17) is 24.6 Å². The lowest BCUT2D eigenvalue weighted by Gasteiger charge is -2.26. The minimum atomic E-state index is -0.250. The van der Waals surface area contributed by atoms with E-state index in [1.807, 2.05) is 48.5 Å². The summed E-state index contributed by atoms with van der Waals surface area (Å²) in [6.45, 7) is 5.25. The average molecular weight is 380 g/mol. The van der Waals surface area contributed by atoms with Crippen LogP contribution >= 0.6 is 0 Å². The van der Waals surface area contributed by atoms with Crippen LogP contribution in [-0.2, 0) is 9.53 Å². The largest absolute Gasteiger partial charge is 0.483 e. The highest BCUT2D eigenvalue weighted by molar-refractivity contribution is 5.90. The molecule has 2 heterocycles. The molecule has 0 spiro atoms. The van der Waals surface area contributed by atoms with E-state index in [9.17, 15) is 0 Å². The van der Waals surface area contributed by atoms with Crippen LogP contribution in [-0.4, -0.2) is 65.8 Å². The van der Waals surface area contributed by atoms with Crippen LogP contribution < -0.4 is 5.32 Å². The number of para-hydroxylation sites is 1. The molecule has 2 N–H and O–H groups in total. The molecule has 1 saturated heterocycles. The number of nitrogens with one attached hydrogen (secondary N) is 1. The molecule has 7 heteroatoms. The van der Waals surface area contributed by atoms with Crippen molar-refractivity contribution in [3.05, 3.63) is 54.6 Å². The number of carbonyl (C=O) groups is 1. The van der Waals surface area contributed by atoms with E-state index >= 15 is 0 Å². The summed E-state index contributed by atoms with van der Waals surface area (Å²) in [6, 6.07) is 18.3. The lowest BCUT2D eigenvalue weighted by atomic mass is 10.2. The number of nitrogens with zero attached hydrogens (tertiary/aromatic N) is 3. The van der Waals surface area contributed by atoms with Gasteiger partial charge < -0.3 is 15.2 Å². The molecule has 0 amide bonds. The normalized spacial score (nSPS) is 14.1. The molecule has 1 aliphatic rings. The van der Waals surface area contributed by atoms with E-state index < -0.39 is 0 Å². The topological polar surface area (TPSA) is 87.6 Å². The third-order valence-corrected chi connectivity index (χ3v) is 4.46. The Morgan fingerprint density at radius 1 is 1.04 bits per heavy atom. The van der Waals surface area contributed by atoms with Gasteiger partial charge in [0.25, 0.3) is 6.47 Å². The molecule has 28 heavy (non-hydrogen) atoms. The van der Waals surface area contributed by atoms with Gasteiger partial charge in [0.15, 0.2) is 5.82 Å². The molecule has 7 nitrogen and oxygen atoms in total. The molecule has 0 bridgehead atoms. The minimum Gasteiger partial charge on any atom is -0.483 e. The number of benzene rings is 2. The molecule has 1 aromatic heterocycles. The molecule has 1 aliphatic heterocycles. The lowest BCUT2D eigenvalue weighted by molar-refractivity contribution is -0.122. The zero-order valence-corrected chi connectivity index (χ0v) is 15.6. The van der Waals surface area contributed by atoms with Gasteiger partial charge in [-0.3, -0.25) is 9.69 Å². The number of rotatable bonds is 5. The molecule has 3 aromatic rings. The van der Waals surface area contributed by atoms with Gasteiger partial charge in [-0.15, -0.1) is 0 Å². The van der Waals surface area contributed by atoms with Gasteiger partial charge in [0.1, 0.15) is 5.82 Å². The summed E-state index contributed by atoms with van der Waals surface area (Å²) in [5.74, 6) is 1.66. The van der Waals surface area contributed by atoms with Crippen LogP contribution in [0.25, 0.3) is 22.3 Å². The fourth-order valence-corrected chi connectivity index (χ4v) is 3.08. The number of hydrogen-bond donors (Lipinski definition) is 2. The number of carboxylic acid groups (broad SMARTS) is 1. The van der Waals surface area contributed by atoms with Crippen LogP contribution in [0.2, 0.25) is 0 Å².